The van der Waals surface area contributed by atoms with E-state index in [0.29, 0.717) is 29.7 Å². The largest absolute Gasteiger partial charge is 0.490 e. The molecule has 3 heterocycles. The summed E-state index contributed by atoms with van der Waals surface area (Å²) in [5, 5.41) is 9.74. The number of hydrogen-bond acceptors (Lipinski definition) is 3. The Balaban J connectivity index is 1.60. The minimum Gasteiger partial charge on any atom is -0.490 e. The first-order chi connectivity index (χ1) is 17.5. The normalized spacial score (nSPS) is 18.3. The van der Waals surface area contributed by atoms with Crippen molar-refractivity contribution in [1.82, 2.24) is 9.80 Å². The highest BCUT2D eigenvalue weighted by Crippen LogP contribution is 2.44. The minimum absolute atomic E-state index is 0.223. The molecule has 0 bridgehead atoms. The van der Waals surface area contributed by atoms with E-state index >= 15 is 4.39 Å². The van der Waals surface area contributed by atoms with Crippen LogP contribution < -0.4 is 4.74 Å². The number of carboxylic acid groups (broad SMARTS) is 1. The molecule has 1 N–H and O–H groups in total. The van der Waals surface area contributed by atoms with Crippen LogP contribution in [0.2, 0.25) is 0 Å². The van der Waals surface area contributed by atoms with Gasteiger partial charge in [-0.05, 0) is 90.6 Å². The maximum atomic E-state index is 15.2. The molecule has 2 aromatic rings. The number of carbonyl (C=O) groups is 2. The average molecular weight is 517 g/mol. The second-order valence-electron chi connectivity index (χ2n) is 10.4. The number of benzene rings is 2. The number of urea groups is 1. The Kier molecular flexibility index (Phi) is 6.36. The molecule has 198 valence electrons. The monoisotopic (exact) mass is 516 g/mol. The number of amides is 2. The van der Waals surface area contributed by atoms with Gasteiger partial charge in [0.05, 0.1) is 19.6 Å². The first-order valence-corrected chi connectivity index (χ1v) is 12.7. The second-order valence-corrected chi connectivity index (χ2v) is 10.4. The van der Waals surface area contributed by atoms with Crippen LogP contribution in [-0.4, -0.2) is 52.5 Å². The topological polar surface area (TPSA) is 70.1 Å². The van der Waals surface area contributed by atoms with E-state index in [4.69, 9.17) is 4.74 Å². The van der Waals surface area contributed by atoms with Gasteiger partial charge in [0.2, 0.25) is 0 Å². The van der Waals surface area contributed by atoms with Crippen LogP contribution in [0.5, 0.6) is 5.75 Å². The van der Waals surface area contributed by atoms with E-state index in [-0.39, 0.29) is 44.6 Å². The standard InChI is InChI=1S/C28H31F3N2O4/c1-15-18-6-4-9-37-26(18)23(29)10-19(15)25-17(3)22-13-33(12-21(22)16(2)20(25)11-24(34)35)27(36)32-8-5-7-28(30,31)14-32/h10H,4-9,11-14H2,1-3H3,(H,34,35). The smallest absolute Gasteiger partial charge is 0.320 e. The molecule has 3 aliphatic rings. The van der Waals surface area contributed by atoms with Gasteiger partial charge < -0.3 is 19.6 Å². The maximum Gasteiger partial charge on any atom is 0.320 e. The van der Waals surface area contributed by atoms with E-state index in [1.54, 1.807) is 4.90 Å². The lowest BCUT2D eigenvalue weighted by atomic mass is 9.81. The van der Waals surface area contributed by atoms with Crippen molar-refractivity contribution in [1.29, 1.82) is 0 Å². The van der Waals surface area contributed by atoms with E-state index in [1.807, 2.05) is 20.8 Å². The van der Waals surface area contributed by atoms with Crippen LogP contribution >= 0.6 is 0 Å². The van der Waals surface area contributed by atoms with Crippen LogP contribution in [0.4, 0.5) is 18.0 Å². The van der Waals surface area contributed by atoms with Gasteiger partial charge in [-0.3, -0.25) is 4.79 Å². The molecule has 9 heteroatoms. The molecule has 0 atom stereocenters. The fraction of sp³-hybridized carbons (Fsp3) is 0.500. The molecule has 6 nitrogen and oxygen atoms in total. The Morgan fingerprint density at radius 3 is 2.41 bits per heavy atom. The Labute approximate surface area is 214 Å². The third kappa shape index (κ3) is 4.42. The summed E-state index contributed by atoms with van der Waals surface area (Å²) >= 11 is 0. The molecule has 2 aromatic carbocycles. The van der Waals surface area contributed by atoms with Crippen LogP contribution in [0.3, 0.4) is 0 Å². The molecule has 0 unspecified atom stereocenters. The number of alkyl halides is 2. The second kappa shape index (κ2) is 9.26. The molecular weight excluding hydrogens is 485 g/mol. The van der Waals surface area contributed by atoms with Crippen molar-refractivity contribution in [2.24, 2.45) is 0 Å². The Hall–Kier alpha value is -3.23. The third-order valence-corrected chi connectivity index (χ3v) is 8.06. The first-order valence-electron chi connectivity index (χ1n) is 12.7. The molecule has 5 rings (SSSR count). The van der Waals surface area contributed by atoms with Gasteiger partial charge in [-0.1, -0.05) is 0 Å². The molecule has 3 aliphatic heterocycles. The number of carboxylic acids is 1. The molecule has 2 amide bonds. The zero-order chi connectivity index (χ0) is 26.6. The lowest BCUT2D eigenvalue weighted by molar-refractivity contribution is -0.136. The number of ether oxygens (including phenoxy) is 1. The predicted octanol–water partition coefficient (Wildman–Crippen LogP) is 5.54. The molecule has 1 saturated heterocycles. The molecule has 0 aromatic heterocycles. The summed E-state index contributed by atoms with van der Waals surface area (Å²) in [5.74, 6) is -4.12. The number of carbonyl (C=O) groups excluding carboxylic acids is 1. The summed E-state index contributed by atoms with van der Waals surface area (Å²) in [4.78, 5) is 27.9. The van der Waals surface area contributed by atoms with Crippen molar-refractivity contribution in [3.63, 3.8) is 0 Å². The van der Waals surface area contributed by atoms with E-state index < -0.39 is 30.3 Å². The Morgan fingerprint density at radius 1 is 1.03 bits per heavy atom. The molecule has 0 spiro atoms. The van der Waals surface area contributed by atoms with Gasteiger partial charge in [0.15, 0.2) is 11.6 Å². The van der Waals surface area contributed by atoms with Crippen LogP contribution in [0.25, 0.3) is 11.1 Å². The van der Waals surface area contributed by atoms with Gasteiger partial charge in [-0.25, -0.2) is 18.0 Å². The summed E-state index contributed by atoms with van der Waals surface area (Å²) in [6.07, 6.45) is 1.21. The van der Waals surface area contributed by atoms with Crippen LogP contribution in [0, 0.1) is 26.6 Å². The highest BCUT2D eigenvalue weighted by atomic mass is 19.3. The van der Waals surface area contributed by atoms with Crippen molar-refractivity contribution in [3.8, 4) is 16.9 Å². The number of piperidine rings is 1. The van der Waals surface area contributed by atoms with Crippen molar-refractivity contribution < 1.29 is 32.6 Å². The molecule has 0 saturated carbocycles. The molecular formula is C28H31F3N2O4. The minimum atomic E-state index is -2.90. The summed E-state index contributed by atoms with van der Waals surface area (Å²) in [6.45, 7) is 6.20. The highest BCUT2D eigenvalue weighted by molar-refractivity contribution is 5.84. The van der Waals surface area contributed by atoms with Crippen molar-refractivity contribution in [2.75, 3.05) is 19.7 Å². The number of halogens is 3. The van der Waals surface area contributed by atoms with Crippen LogP contribution in [0.15, 0.2) is 6.07 Å². The summed E-state index contributed by atoms with van der Waals surface area (Å²) in [5.41, 5.74) is 6.77. The lowest BCUT2D eigenvalue weighted by Crippen LogP contribution is -2.49. The third-order valence-electron chi connectivity index (χ3n) is 8.06. The Bertz CT molecular complexity index is 1310. The SMILES string of the molecule is Cc1c(-c2c(C)c3c(c(C)c2CC(=O)O)CN(C(=O)N2CCCC(F)(F)C2)C3)cc(F)c2c1CCCO2. The zero-order valence-corrected chi connectivity index (χ0v) is 21.3. The summed E-state index contributed by atoms with van der Waals surface area (Å²) < 4.78 is 48.7. The van der Waals surface area contributed by atoms with Gasteiger partial charge in [-0.15, -0.1) is 0 Å². The quantitative estimate of drug-likeness (QED) is 0.582. The van der Waals surface area contributed by atoms with Crippen molar-refractivity contribution >= 4 is 12.0 Å². The summed E-state index contributed by atoms with van der Waals surface area (Å²) in [7, 11) is 0. The fourth-order valence-corrected chi connectivity index (χ4v) is 6.18. The number of fused-ring (bicyclic) bond motifs is 2. The number of aliphatic carboxylic acids is 1. The molecule has 0 radical (unpaired) electrons. The predicted molar refractivity (Wildman–Crippen MR) is 132 cm³/mol. The van der Waals surface area contributed by atoms with E-state index in [1.165, 1.54) is 11.0 Å². The number of rotatable bonds is 3. The van der Waals surface area contributed by atoms with Gasteiger partial charge in [0, 0.05) is 31.6 Å². The van der Waals surface area contributed by atoms with Gasteiger partial charge in [0.1, 0.15) is 0 Å². The summed E-state index contributed by atoms with van der Waals surface area (Å²) in [6, 6.07) is 0.982. The zero-order valence-electron chi connectivity index (χ0n) is 21.3. The van der Waals surface area contributed by atoms with Gasteiger partial charge in [0.25, 0.3) is 5.92 Å². The van der Waals surface area contributed by atoms with E-state index in [2.05, 4.69) is 0 Å². The first kappa shape index (κ1) is 25.4. The van der Waals surface area contributed by atoms with Crippen LogP contribution in [-0.2, 0) is 30.7 Å². The van der Waals surface area contributed by atoms with Gasteiger partial charge in [-0.2, -0.15) is 0 Å². The fourth-order valence-electron chi connectivity index (χ4n) is 6.18. The average Bonchev–Trinajstić information content (AvgIpc) is 3.30. The lowest BCUT2D eigenvalue weighted by Gasteiger charge is -2.34. The maximum absolute atomic E-state index is 15.2. The van der Waals surface area contributed by atoms with Crippen molar-refractivity contribution in [2.45, 2.75) is 71.9 Å². The number of hydrogen-bond donors (Lipinski definition) is 1. The molecule has 0 aliphatic carbocycles. The molecule has 37 heavy (non-hydrogen) atoms. The van der Waals surface area contributed by atoms with E-state index in [0.717, 1.165) is 39.8 Å². The van der Waals surface area contributed by atoms with Crippen LogP contribution in [0.1, 0.15) is 58.2 Å². The highest BCUT2D eigenvalue weighted by Gasteiger charge is 2.40. The van der Waals surface area contributed by atoms with E-state index in [9.17, 15) is 23.5 Å². The number of likely N-dealkylation sites (tertiary alicyclic amines) is 1. The van der Waals surface area contributed by atoms with Crippen molar-refractivity contribution in [3.05, 3.63) is 50.8 Å². The Morgan fingerprint density at radius 2 is 1.73 bits per heavy atom. The molecule has 1 fully saturated rings. The van der Waals surface area contributed by atoms with Gasteiger partial charge >= 0.3 is 12.0 Å². The number of nitrogens with zero attached hydrogens (tertiary/aromatic N) is 2.